The zero-order valence-electron chi connectivity index (χ0n) is 17.8. The van der Waals surface area contributed by atoms with Gasteiger partial charge in [-0.05, 0) is 28.3 Å². The summed E-state index contributed by atoms with van der Waals surface area (Å²) in [6.07, 6.45) is 2.27. The number of aromatic nitrogens is 4. The minimum Gasteiger partial charge on any atom is -0.278 e. The Kier molecular flexibility index (Phi) is 5.82. The molecule has 0 radical (unpaired) electrons. The number of benzene rings is 3. The maximum absolute atomic E-state index is 13.3. The van der Waals surface area contributed by atoms with E-state index in [1.54, 1.807) is 11.3 Å². The van der Waals surface area contributed by atoms with Crippen molar-refractivity contribution in [3.05, 3.63) is 124 Å². The summed E-state index contributed by atoms with van der Waals surface area (Å²) in [6, 6.07) is 31.2. The zero-order valence-corrected chi connectivity index (χ0v) is 18.6. The molecule has 0 unspecified atom stereocenters. The summed E-state index contributed by atoms with van der Waals surface area (Å²) >= 11 is 1.65. The average molecular weight is 465 g/mol. The van der Waals surface area contributed by atoms with Crippen LogP contribution in [0.2, 0.25) is 0 Å². The van der Waals surface area contributed by atoms with Crippen LogP contribution in [-0.4, -0.2) is 19.2 Å². The van der Waals surface area contributed by atoms with E-state index in [9.17, 15) is 4.79 Å². The van der Waals surface area contributed by atoms with Crippen LogP contribution in [0.1, 0.15) is 23.4 Å². The fourth-order valence-electron chi connectivity index (χ4n) is 4.20. The van der Waals surface area contributed by atoms with E-state index in [0.717, 1.165) is 27.8 Å². The molecule has 0 aliphatic carbocycles. The van der Waals surface area contributed by atoms with Gasteiger partial charge in [0.25, 0.3) is 0 Å². The third kappa shape index (κ3) is 3.93. The number of hydrogen-bond acceptors (Lipinski definition) is 4. The summed E-state index contributed by atoms with van der Waals surface area (Å²) < 4.78 is 3.22. The lowest BCUT2D eigenvalue weighted by molar-refractivity contribution is 0.720. The van der Waals surface area contributed by atoms with E-state index < -0.39 is 0 Å². The summed E-state index contributed by atoms with van der Waals surface area (Å²) in [5, 5.41) is 5.16. The molecule has 0 bridgehead atoms. The summed E-state index contributed by atoms with van der Waals surface area (Å²) in [5.74, 6) is 0. The molecule has 5 nitrogen and oxygen atoms in total. The zero-order chi connectivity index (χ0) is 22.2. The first-order valence-corrected chi connectivity index (χ1v) is 11.6. The molecule has 3 heterocycles. The van der Waals surface area contributed by atoms with Gasteiger partial charge in [0.05, 0.1) is 11.9 Å². The molecular weight excluding hydrogens is 440 g/mol. The van der Waals surface area contributed by atoms with Gasteiger partial charge in [-0.15, -0.1) is 11.3 Å². The molecule has 6 heteroatoms. The Bertz CT molecular complexity index is 1610. The van der Waals surface area contributed by atoms with Crippen LogP contribution in [-0.2, 0) is 13.0 Å². The van der Waals surface area contributed by atoms with Gasteiger partial charge >= 0.3 is 5.69 Å². The molecule has 0 aliphatic rings. The predicted octanol–water partition coefficient (Wildman–Crippen LogP) is 6.05. The molecule has 6 rings (SSSR count). The van der Waals surface area contributed by atoms with Gasteiger partial charge in [-0.3, -0.25) is 4.57 Å². The molecule has 3 aromatic heterocycles. The van der Waals surface area contributed by atoms with Crippen LogP contribution in [0.15, 0.2) is 102 Å². The van der Waals surface area contributed by atoms with Crippen LogP contribution in [0.4, 0.5) is 0 Å². The van der Waals surface area contributed by atoms with Gasteiger partial charge in [-0.2, -0.15) is 9.61 Å². The second-order valence-corrected chi connectivity index (χ2v) is 9.14. The smallest absolute Gasteiger partial charge is 0.278 e. The molecule has 168 valence electrons. The largest absolute Gasteiger partial charge is 0.352 e. The minimum absolute atomic E-state index is 0. The highest BCUT2D eigenvalue weighted by atomic mass is 32.1. The Morgan fingerprint density at radius 1 is 0.794 bits per heavy atom. The monoisotopic (exact) mass is 464 g/mol. The summed E-state index contributed by atoms with van der Waals surface area (Å²) in [5.41, 5.74) is 5.08. The van der Waals surface area contributed by atoms with Crippen LogP contribution in [0.5, 0.6) is 0 Å². The maximum atomic E-state index is 13.3. The van der Waals surface area contributed by atoms with Crippen molar-refractivity contribution in [2.45, 2.75) is 20.4 Å². The first-order valence-electron chi connectivity index (χ1n) is 10.8. The highest BCUT2D eigenvalue weighted by Gasteiger charge is 2.16. The number of rotatable bonds is 5. The molecule has 0 saturated carbocycles. The highest BCUT2D eigenvalue weighted by molar-refractivity contribution is 7.18. The molecule has 0 saturated heterocycles. The second-order valence-electron chi connectivity index (χ2n) is 8.02. The highest BCUT2D eigenvalue weighted by Crippen LogP contribution is 2.29. The normalized spacial score (nSPS) is 11.1. The van der Waals surface area contributed by atoms with Crippen LogP contribution < -0.4 is 5.69 Å². The quantitative estimate of drug-likeness (QED) is 0.312. The lowest BCUT2D eigenvalue weighted by Crippen LogP contribution is -2.27. The van der Waals surface area contributed by atoms with Crippen molar-refractivity contribution < 1.29 is 0 Å². The van der Waals surface area contributed by atoms with Gasteiger partial charge in [-0.25, -0.2) is 9.78 Å². The second kappa shape index (κ2) is 9.08. The van der Waals surface area contributed by atoms with Crippen LogP contribution >= 0.6 is 11.3 Å². The van der Waals surface area contributed by atoms with Crippen molar-refractivity contribution in [1.82, 2.24) is 19.2 Å². The number of hydrogen-bond donors (Lipinski definition) is 0. The van der Waals surface area contributed by atoms with E-state index in [1.807, 2.05) is 28.8 Å². The SMILES string of the molecule is C.O=c1n(Cc2ccc(-c3ccccc3)cc2)c2sc(Cc3ccccc3)cc2c2ncnn12. The van der Waals surface area contributed by atoms with Crippen molar-refractivity contribution in [3.8, 4) is 11.1 Å². The molecule has 0 N–H and O–H groups in total. The van der Waals surface area contributed by atoms with Gasteiger partial charge in [0.15, 0.2) is 5.65 Å². The van der Waals surface area contributed by atoms with E-state index >= 15 is 0 Å². The number of fused-ring (bicyclic) bond motifs is 3. The molecule has 3 aromatic carbocycles. The fraction of sp³-hybridized carbons (Fsp3) is 0.107. The molecule has 0 amide bonds. The third-order valence-electron chi connectivity index (χ3n) is 5.83. The average Bonchev–Trinajstić information content (AvgIpc) is 3.51. The Labute approximate surface area is 201 Å². The van der Waals surface area contributed by atoms with Crippen LogP contribution in [0.25, 0.3) is 27.0 Å². The molecule has 0 fully saturated rings. The molecular formula is C28H24N4OS. The van der Waals surface area contributed by atoms with Gasteiger partial charge in [0.2, 0.25) is 0 Å². The molecule has 0 atom stereocenters. The van der Waals surface area contributed by atoms with Crippen molar-refractivity contribution in [3.63, 3.8) is 0 Å². The maximum Gasteiger partial charge on any atom is 0.352 e. The molecule has 0 aliphatic heterocycles. The lowest BCUT2D eigenvalue weighted by Gasteiger charge is -2.09. The minimum atomic E-state index is -0.171. The molecule has 0 spiro atoms. The predicted molar refractivity (Wildman–Crippen MR) is 140 cm³/mol. The van der Waals surface area contributed by atoms with Gasteiger partial charge < -0.3 is 0 Å². The fourth-order valence-corrected chi connectivity index (χ4v) is 5.37. The van der Waals surface area contributed by atoms with E-state index in [-0.39, 0.29) is 13.1 Å². The summed E-state index contributed by atoms with van der Waals surface area (Å²) in [6.45, 7) is 0.478. The Hall–Kier alpha value is -4.03. The summed E-state index contributed by atoms with van der Waals surface area (Å²) in [7, 11) is 0. The third-order valence-corrected chi connectivity index (χ3v) is 6.99. The van der Waals surface area contributed by atoms with Crippen molar-refractivity contribution in [2.24, 2.45) is 0 Å². The first kappa shape index (κ1) is 21.8. The van der Waals surface area contributed by atoms with Crippen LogP contribution in [0.3, 0.4) is 0 Å². The lowest BCUT2D eigenvalue weighted by atomic mass is 10.0. The van der Waals surface area contributed by atoms with Crippen LogP contribution in [0, 0.1) is 0 Å². The summed E-state index contributed by atoms with van der Waals surface area (Å²) in [4.78, 5) is 19.8. The van der Waals surface area contributed by atoms with Gasteiger partial charge in [-0.1, -0.05) is 92.4 Å². The Morgan fingerprint density at radius 2 is 1.47 bits per heavy atom. The van der Waals surface area contributed by atoms with E-state index in [1.165, 1.54) is 26.8 Å². The molecule has 6 aromatic rings. The Balaban J connectivity index is 0.00000241. The van der Waals surface area contributed by atoms with Gasteiger partial charge in [0.1, 0.15) is 11.2 Å². The van der Waals surface area contributed by atoms with E-state index in [2.05, 4.69) is 76.8 Å². The van der Waals surface area contributed by atoms with Crippen molar-refractivity contribution in [2.75, 3.05) is 0 Å². The number of nitrogens with zero attached hydrogens (tertiary/aromatic N) is 4. The standard InChI is InChI=1S/C27H20N4OS.CH4/c32-27-30(17-20-11-13-22(14-12-20)21-9-5-2-6-10-21)26-24(25-28-18-29-31(25)27)16-23(33-26)15-19-7-3-1-4-8-19;/h1-14,16,18H,15,17H2;1H4. The number of thiophene rings is 1. The van der Waals surface area contributed by atoms with E-state index in [4.69, 9.17) is 0 Å². The first-order chi connectivity index (χ1) is 16.3. The van der Waals surface area contributed by atoms with Crippen molar-refractivity contribution in [1.29, 1.82) is 0 Å². The Morgan fingerprint density at radius 3 is 2.21 bits per heavy atom. The van der Waals surface area contributed by atoms with Crippen molar-refractivity contribution >= 4 is 27.2 Å². The van der Waals surface area contributed by atoms with Gasteiger partial charge in [0, 0.05) is 11.3 Å². The topological polar surface area (TPSA) is 52.2 Å². The molecule has 34 heavy (non-hydrogen) atoms. The van der Waals surface area contributed by atoms with E-state index in [0.29, 0.717) is 12.2 Å².